The van der Waals surface area contributed by atoms with Crippen molar-refractivity contribution in [3.63, 3.8) is 0 Å². The number of nitrogens with one attached hydrogen (secondary N) is 1. The van der Waals surface area contributed by atoms with Crippen LogP contribution in [0.5, 0.6) is 0 Å². The van der Waals surface area contributed by atoms with Gasteiger partial charge in [-0.05, 0) is 18.6 Å². The lowest BCUT2D eigenvalue weighted by molar-refractivity contribution is -0.384. The molecule has 1 aliphatic rings. The molecule has 1 amide bonds. The van der Waals surface area contributed by atoms with Gasteiger partial charge in [-0.1, -0.05) is 11.6 Å². The zero-order chi connectivity index (χ0) is 17.9. The summed E-state index contributed by atoms with van der Waals surface area (Å²) in [5.74, 6) is -1.71. The lowest BCUT2D eigenvalue weighted by Crippen LogP contribution is -2.38. The molecule has 1 aliphatic heterocycles. The fraction of sp³-hybridized carbons (Fsp3) is 0.385. The Kier molecular flexibility index (Phi) is 5.40. The van der Waals surface area contributed by atoms with Gasteiger partial charge in [0.1, 0.15) is 5.02 Å². The van der Waals surface area contributed by atoms with Crippen LogP contribution in [-0.2, 0) is 19.4 Å². The molecule has 0 spiro atoms. The summed E-state index contributed by atoms with van der Waals surface area (Å²) in [4.78, 5) is 33.5. The number of carbonyl (C=O) groups is 2. The van der Waals surface area contributed by atoms with Crippen molar-refractivity contribution in [1.29, 1.82) is 0 Å². The van der Waals surface area contributed by atoms with Crippen LogP contribution in [0.15, 0.2) is 18.2 Å². The van der Waals surface area contributed by atoms with E-state index in [9.17, 15) is 28.1 Å². The van der Waals surface area contributed by atoms with E-state index < -0.39 is 45.0 Å². The Morgan fingerprint density at radius 2 is 2.12 bits per heavy atom. The van der Waals surface area contributed by atoms with Crippen molar-refractivity contribution in [1.82, 2.24) is 5.32 Å². The number of benzene rings is 1. The number of ether oxygens (including phenoxy) is 1. The van der Waals surface area contributed by atoms with Crippen molar-refractivity contribution >= 4 is 39.0 Å². The summed E-state index contributed by atoms with van der Waals surface area (Å²) in [5, 5.41) is 13.1. The second-order valence-electron chi connectivity index (χ2n) is 5.17. The first-order valence-corrected chi connectivity index (χ1v) is 8.99. The molecule has 1 fully saturated rings. The molecule has 1 heterocycles. The summed E-state index contributed by atoms with van der Waals surface area (Å²) in [6.07, 6.45) is 0.311. The highest BCUT2D eigenvalue weighted by atomic mass is 35.5. The van der Waals surface area contributed by atoms with Gasteiger partial charge in [-0.15, -0.1) is 0 Å². The highest BCUT2D eigenvalue weighted by Gasteiger charge is 2.29. The van der Waals surface area contributed by atoms with Gasteiger partial charge in [0, 0.05) is 12.1 Å². The molecule has 1 N–H and O–H groups in total. The summed E-state index contributed by atoms with van der Waals surface area (Å²) in [6.45, 7) is -0.619. The third-order valence-electron chi connectivity index (χ3n) is 3.31. The number of nitrogens with zero attached hydrogens (tertiary/aromatic N) is 1. The molecule has 0 unspecified atom stereocenters. The summed E-state index contributed by atoms with van der Waals surface area (Å²) in [7, 11) is -3.13. The van der Waals surface area contributed by atoms with E-state index in [2.05, 4.69) is 5.32 Å². The predicted molar refractivity (Wildman–Crippen MR) is 83.6 cm³/mol. The maximum absolute atomic E-state index is 11.8. The van der Waals surface area contributed by atoms with Crippen LogP contribution < -0.4 is 5.32 Å². The number of sulfone groups is 1. The van der Waals surface area contributed by atoms with Crippen LogP contribution in [0.2, 0.25) is 5.02 Å². The molecular weight excluding hydrogens is 364 g/mol. The zero-order valence-electron chi connectivity index (χ0n) is 12.2. The van der Waals surface area contributed by atoms with Crippen LogP contribution in [0.25, 0.3) is 0 Å². The molecule has 130 valence electrons. The molecule has 0 bridgehead atoms. The van der Waals surface area contributed by atoms with E-state index in [1.807, 2.05) is 0 Å². The van der Waals surface area contributed by atoms with Crippen LogP contribution in [0, 0.1) is 10.1 Å². The molecule has 2 rings (SSSR count). The van der Waals surface area contributed by atoms with Crippen LogP contribution in [0.3, 0.4) is 0 Å². The summed E-state index contributed by atoms with van der Waals surface area (Å²) in [5.41, 5.74) is -0.575. The molecule has 1 atom stereocenters. The number of hydrogen-bond donors (Lipinski definition) is 1. The molecule has 1 saturated heterocycles. The quantitative estimate of drug-likeness (QED) is 0.454. The Labute approximate surface area is 142 Å². The van der Waals surface area contributed by atoms with E-state index in [0.717, 1.165) is 6.07 Å². The topological polar surface area (TPSA) is 133 Å². The lowest BCUT2D eigenvalue weighted by atomic mass is 10.2. The molecule has 11 heteroatoms. The zero-order valence-corrected chi connectivity index (χ0v) is 13.8. The number of halogens is 1. The van der Waals surface area contributed by atoms with Crippen molar-refractivity contribution in [2.75, 3.05) is 18.1 Å². The minimum atomic E-state index is -3.13. The first kappa shape index (κ1) is 18.1. The van der Waals surface area contributed by atoms with Gasteiger partial charge in [0.25, 0.3) is 11.6 Å². The molecule has 24 heavy (non-hydrogen) atoms. The van der Waals surface area contributed by atoms with E-state index >= 15 is 0 Å². The maximum Gasteiger partial charge on any atom is 0.338 e. The van der Waals surface area contributed by atoms with Crippen molar-refractivity contribution in [2.45, 2.75) is 12.5 Å². The number of rotatable bonds is 5. The minimum absolute atomic E-state index is 0.00613. The molecule has 0 aromatic heterocycles. The normalized spacial score (nSPS) is 18.8. The Morgan fingerprint density at radius 3 is 2.71 bits per heavy atom. The largest absolute Gasteiger partial charge is 0.452 e. The van der Waals surface area contributed by atoms with Gasteiger partial charge in [-0.25, -0.2) is 13.2 Å². The van der Waals surface area contributed by atoms with Gasteiger partial charge in [0.15, 0.2) is 16.4 Å². The number of carbonyl (C=O) groups excluding carboxylic acids is 2. The van der Waals surface area contributed by atoms with Gasteiger partial charge in [-0.2, -0.15) is 0 Å². The number of hydrogen-bond acceptors (Lipinski definition) is 7. The molecule has 0 radical (unpaired) electrons. The molecule has 0 aliphatic carbocycles. The fourth-order valence-electron chi connectivity index (χ4n) is 2.17. The second-order valence-corrected chi connectivity index (χ2v) is 7.80. The smallest absolute Gasteiger partial charge is 0.338 e. The number of nitro benzene ring substituents is 1. The molecule has 9 nitrogen and oxygen atoms in total. The van der Waals surface area contributed by atoms with Crippen molar-refractivity contribution in [2.24, 2.45) is 0 Å². The highest BCUT2D eigenvalue weighted by Crippen LogP contribution is 2.25. The van der Waals surface area contributed by atoms with E-state index in [1.54, 1.807) is 0 Å². The lowest BCUT2D eigenvalue weighted by Gasteiger charge is -2.11. The van der Waals surface area contributed by atoms with E-state index in [-0.39, 0.29) is 22.1 Å². The molecule has 0 saturated carbocycles. The van der Waals surface area contributed by atoms with Crippen molar-refractivity contribution < 1.29 is 27.7 Å². The van der Waals surface area contributed by atoms with E-state index in [1.165, 1.54) is 12.1 Å². The average Bonchev–Trinajstić information content (AvgIpc) is 2.83. The highest BCUT2D eigenvalue weighted by molar-refractivity contribution is 7.91. The first-order valence-electron chi connectivity index (χ1n) is 6.79. The molecular formula is C13H13ClN2O7S. The van der Waals surface area contributed by atoms with Crippen molar-refractivity contribution in [3.05, 3.63) is 38.9 Å². The number of esters is 1. The number of nitro groups is 1. The second kappa shape index (κ2) is 7.14. The van der Waals surface area contributed by atoms with Crippen molar-refractivity contribution in [3.8, 4) is 0 Å². The predicted octanol–water partition coefficient (Wildman–Crippen LogP) is 0.708. The van der Waals surface area contributed by atoms with Gasteiger partial charge in [-0.3, -0.25) is 14.9 Å². The number of amides is 1. The molecule has 1 aromatic rings. The SMILES string of the molecule is O=C(COC(=O)c1ccc(Cl)c([N+](=O)[O-])c1)N[C@@H]1CCS(=O)(=O)C1. The van der Waals surface area contributed by atoms with Gasteiger partial charge in [0.2, 0.25) is 0 Å². The van der Waals surface area contributed by atoms with Gasteiger partial charge >= 0.3 is 5.97 Å². The average molecular weight is 377 g/mol. The van der Waals surface area contributed by atoms with E-state index in [4.69, 9.17) is 16.3 Å². The van der Waals surface area contributed by atoms with E-state index in [0.29, 0.717) is 6.42 Å². The van der Waals surface area contributed by atoms with Crippen LogP contribution in [0.4, 0.5) is 5.69 Å². The van der Waals surface area contributed by atoms with Crippen LogP contribution in [0.1, 0.15) is 16.8 Å². The Hall–Kier alpha value is -2.20. The maximum atomic E-state index is 11.8. The monoisotopic (exact) mass is 376 g/mol. The van der Waals surface area contributed by atoms with Gasteiger partial charge < -0.3 is 10.1 Å². The Balaban J connectivity index is 1.90. The summed E-state index contributed by atoms with van der Waals surface area (Å²) < 4.78 is 27.3. The molecule has 1 aromatic carbocycles. The Bertz CT molecular complexity index is 794. The van der Waals surface area contributed by atoms with Gasteiger partial charge in [0.05, 0.1) is 22.0 Å². The minimum Gasteiger partial charge on any atom is -0.452 e. The van der Waals surface area contributed by atoms with Crippen LogP contribution in [-0.4, -0.2) is 49.4 Å². The third kappa shape index (κ3) is 4.65. The van der Waals surface area contributed by atoms with Crippen LogP contribution >= 0.6 is 11.6 Å². The third-order valence-corrected chi connectivity index (χ3v) is 5.40. The Morgan fingerprint density at radius 1 is 1.42 bits per heavy atom. The standard InChI is InChI=1S/C13H13ClN2O7S/c14-10-2-1-8(5-11(10)16(19)20)13(18)23-6-12(17)15-9-3-4-24(21,22)7-9/h1-2,5,9H,3-4,6-7H2,(H,15,17)/t9-/m1/s1. The first-order chi connectivity index (χ1) is 11.2. The summed E-state index contributed by atoms with van der Waals surface area (Å²) in [6, 6.07) is 2.86. The fourth-order valence-corrected chi connectivity index (χ4v) is 4.03. The summed E-state index contributed by atoms with van der Waals surface area (Å²) >= 11 is 5.63.